The van der Waals surface area contributed by atoms with E-state index in [-0.39, 0.29) is 0 Å². The maximum Gasteiger partial charge on any atom is 0.0900 e. The topological polar surface area (TPSA) is 42.2 Å². The summed E-state index contributed by atoms with van der Waals surface area (Å²) < 4.78 is 2.31. The summed E-state index contributed by atoms with van der Waals surface area (Å²) in [7, 11) is 0. The Morgan fingerprint density at radius 2 is 1.51 bits per heavy atom. The number of aromatic nitrogens is 2. The minimum absolute atomic E-state index is 0.681. The molecule has 0 atom stereocenters. The summed E-state index contributed by atoms with van der Waals surface area (Å²) in [5, 5.41) is 4.61. The highest BCUT2D eigenvalue weighted by Crippen LogP contribution is 2.30. The third-order valence-corrected chi connectivity index (χ3v) is 7.01. The van der Waals surface area contributed by atoms with Gasteiger partial charge in [-0.25, -0.2) is 4.98 Å². The Balaban J connectivity index is 1.57. The van der Waals surface area contributed by atoms with Crippen molar-refractivity contribution in [3.05, 3.63) is 102 Å². The van der Waals surface area contributed by atoms with Gasteiger partial charge < -0.3 is 9.88 Å². The number of hydrogen-bond donors (Lipinski definition) is 1. The Labute approximate surface area is 206 Å². The second-order valence-corrected chi connectivity index (χ2v) is 9.47. The first-order chi connectivity index (χ1) is 17.3. The largest absolute Gasteiger partial charge is 0.354 e. The molecule has 2 aliphatic carbocycles. The number of nitrogens with one attached hydrogen (secondary N) is 1. The van der Waals surface area contributed by atoms with E-state index in [4.69, 9.17) is 9.98 Å². The molecule has 0 spiro atoms. The molecule has 0 radical (unpaired) electrons. The van der Waals surface area contributed by atoms with Crippen molar-refractivity contribution < 1.29 is 0 Å². The van der Waals surface area contributed by atoms with Crippen molar-refractivity contribution in [1.29, 1.82) is 0 Å². The lowest BCUT2D eigenvalue weighted by atomic mass is 9.89. The summed E-state index contributed by atoms with van der Waals surface area (Å²) in [6.07, 6.45) is 6.60. The average Bonchev–Trinajstić information content (AvgIpc) is 2.92. The lowest BCUT2D eigenvalue weighted by molar-refractivity contribution is 0.365. The number of fused-ring (bicyclic) bond motifs is 2. The highest BCUT2D eigenvalue weighted by molar-refractivity contribution is 5.84. The average molecular weight is 459 g/mol. The molecule has 4 heteroatoms. The molecule has 1 saturated carbocycles. The fourth-order valence-corrected chi connectivity index (χ4v) is 5.20. The summed E-state index contributed by atoms with van der Waals surface area (Å²) in [5.41, 5.74) is 7.26. The van der Waals surface area contributed by atoms with Gasteiger partial charge in [0.15, 0.2) is 0 Å². The molecule has 3 aliphatic rings. The standard InChI is InChI=1S/C31H30N4/c1-4-12-23(13-5-1)22-32-27-21-31-29(20-28(27)33-24-14-6-2-7-15-24)34-26-18-10-11-19-30(26)35(31)25-16-8-3-9-17-25/h2-3,6-11,14-21,23,33H,1,4-5,12-13,22H2/b32-27-. The zero-order valence-electron chi connectivity index (χ0n) is 19.9. The molecule has 1 fully saturated rings. The summed E-state index contributed by atoms with van der Waals surface area (Å²) in [5.74, 6) is 0.681. The van der Waals surface area contributed by atoms with E-state index in [0.717, 1.165) is 51.4 Å². The van der Waals surface area contributed by atoms with Crippen molar-refractivity contribution >= 4 is 22.4 Å². The van der Waals surface area contributed by atoms with Crippen molar-refractivity contribution in [3.63, 3.8) is 0 Å². The molecule has 3 aromatic rings. The number of rotatable bonds is 5. The van der Waals surface area contributed by atoms with Crippen molar-refractivity contribution in [2.75, 3.05) is 11.9 Å². The predicted molar refractivity (Wildman–Crippen MR) is 144 cm³/mol. The zero-order chi connectivity index (χ0) is 23.5. The molecular formula is C31H30N4. The fraction of sp³-hybridized carbons (Fsp3) is 0.226. The van der Waals surface area contributed by atoms with E-state index in [9.17, 15) is 0 Å². The van der Waals surface area contributed by atoms with Gasteiger partial charge in [-0.3, -0.25) is 4.99 Å². The minimum Gasteiger partial charge on any atom is -0.354 e. The molecule has 35 heavy (non-hydrogen) atoms. The van der Waals surface area contributed by atoms with Crippen LogP contribution < -0.4 is 10.7 Å². The number of para-hydroxylation sites is 4. The smallest absolute Gasteiger partial charge is 0.0900 e. The van der Waals surface area contributed by atoms with E-state index < -0.39 is 0 Å². The maximum absolute atomic E-state index is 5.19. The lowest BCUT2D eigenvalue weighted by Crippen LogP contribution is -2.17. The molecule has 0 saturated heterocycles. The van der Waals surface area contributed by atoms with E-state index in [0.29, 0.717) is 5.92 Å². The van der Waals surface area contributed by atoms with Gasteiger partial charge in [-0.05, 0) is 67.3 Å². The SMILES string of the molecule is c1ccc(Nc2cc3nc4ccccc4n(-c4ccccc4)c-3c/c2=N/CC2CCCCC2)cc1. The van der Waals surface area contributed by atoms with Crippen molar-refractivity contribution in [2.45, 2.75) is 32.1 Å². The molecule has 0 amide bonds. The van der Waals surface area contributed by atoms with Crippen LogP contribution in [0.15, 0.2) is 102 Å². The molecule has 6 rings (SSSR count). The lowest BCUT2D eigenvalue weighted by Gasteiger charge is -2.21. The van der Waals surface area contributed by atoms with E-state index in [1.165, 1.54) is 32.1 Å². The molecule has 3 aromatic carbocycles. The van der Waals surface area contributed by atoms with E-state index in [2.05, 4.69) is 94.8 Å². The molecule has 174 valence electrons. The molecule has 1 aliphatic heterocycles. The number of benzene rings is 4. The second-order valence-electron chi connectivity index (χ2n) is 9.47. The first-order valence-corrected chi connectivity index (χ1v) is 12.7. The van der Waals surface area contributed by atoms with Crippen LogP contribution in [0, 0.1) is 5.92 Å². The van der Waals surface area contributed by atoms with E-state index >= 15 is 0 Å². The molecule has 4 nitrogen and oxygen atoms in total. The van der Waals surface area contributed by atoms with E-state index in [1.54, 1.807) is 0 Å². The summed E-state index contributed by atoms with van der Waals surface area (Å²) >= 11 is 0. The van der Waals surface area contributed by atoms with Crippen LogP contribution in [-0.4, -0.2) is 16.1 Å². The van der Waals surface area contributed by atoms with Gasteiger partial charge in [-0.15, -0.1) is 0 Å². The van der Waals surface area contributed by atoms with Crippen LogP contribution in [0.3, 0.4) is 0 Å². The molecule has 0 bridgehead atoms. The number of hydrogen-bond acceptors (Lipinski definition) is 3. The molecule has 1 heterocycles. The van der Waals surface area contributed by atoms with Gasteiger partial charge in [-0.2, -0.15) is 0 Å². The predicted octanol–water partition coefficient (Wildman–Crippen LogP) is 7.35. The molecule has 0 aromatic heterocycles. The quantitative estimate of drug-likeness (QED) is 0.280. The first kappa shape index (κ1) is 21.6. The second kappa shape index (κ2) is 9.75. The monoisotopic (exact) mass is 458 g/mol. The van der Waals surface area contributed by atoms with Crippen molar-refractivity contribution in [3.8, 4) is 17.1 Å². The van der Waals surface area contributed by atoms with Crippen LogP contribution in [-0.2, 0) is 0 Å². The van der Waals surface area contributed by atoms with Gasteiger partial charge >= 0.3 is 0 Å². The normalized spacial score (nSPS) is 15.0. The third kappa shape index (κ3) is 4.57. The highest BCUT2D eigenvalue weighted by atomic mass is 15.0. The summed E-state index contributed by atoms with van der Waals surface area (Å²) in [4.78, 5) is 10.2. The Kier molecular flexibility index (Phi) is 6.02. The Morgan fingerprint density at radius 1 is 0.800 bits per heavy atom. The fourth-order valence-electron chi connectivity index (χ4n) is 5.20. The number of anilines is 2. The van der Waals surface area contributed by atoms with Crippen molar-refractivity contribution in [2.24, 2.45) is 10.9 Å². The first-order valence-electron chi connectivity index (χ1n) is 12.7. The molecular weight excluding hydrogens is 428 g/mol. The zero-order valence-corrected chi connectivity index (χ0v) is 19.9. The molecule has 1 N–H and O–H groups in total. The van der Waals surface area contributed by atoms with Gasteiger partial charge in [0.25, 0.3) is 0 Å². The summed E-state index contributed by atoms with van der Waals surface area (Å²) in [6, 6.07) is 33.6. The Bertz CT molecular complexity index is 1470. The van der Waals surface area contributed by atoms with Crippen LogP contribution in [0.2, 0.25) is 0 Å². The van der Waals surface area contributed by atoms with Crippen LogP contribution >= 0.6 is 0 Å². The number of nitrogens with zero attached hydrogens (tertiary/aromatic N) is 3. The highest BCUT2D eigenvalue weighted by Gasteiger charge is 2.17. The van der Waals surface area contributed by atoms with Gasteiger partial charge in [-0.1, -0.05) is 67.8 Å². The van der Waals surface area contributed by atoms with Gasteiger partial charge in [0.2, 0.25) is 0 Å². The van der Waals surface area contributed by atoms with Gasteiger partial charge in [0, 0.05) is 17.9 Å². The van der Waals surface area contributed by atoms with Gasteiger partial charge in [0.05, 0.1) is 33.5 Å². The maximum atomic E-state index is 5.19. The third-order valence-electron chi connectivity index (χ3n) is 7.01. The minimum atomic E-state index is 0.681. The van der Waals surface area contributed by atoms with Crippen LogP contribution in [0.4, 0.5) is 11.4 Å². The van der Waals surface area contributed by atoms with Gasteiger partial charge in [0.1, 0.15) is 0 Å². The summed E-state index contributed by atoms with van der Waals surface area (Å²) in [6.45, 7) is 0.876. The van der Waals surface area contributed by atoms with Crippen LogP contribution in [0.25, 0.3) is 28.1 Å². The Morgan fingerprint density at radius 3 is 2.31 bits per heavy atom. The van der Waals surface area contributed by atoms with Crippen LogP contribution in [0.5, 0.6) is 0 Å². The van der Waals surface area contributed by atoms with E-state index in [1.807, 2.05) is 12.1 Å². The Hall–Kier alpha value is -3.92. The molecule has 0 unspecified atom stereocenters. The van der Waals surface area contributed by atoms with Crippen molar-refractivity contribution in [1.82, 2.24) is 9.55 Å². The van der Waals surface area contributed by atoms with Crippen LogP contribution in [0.1, 0.15) is 32.1 Å².